The molecule has 41 heavy (non-hydrogen) atoms. The van der Waals surface area contributed by atoms with E-state index in [1.807, 2.05) is 0 Å². The summed E-state index contributed by atoms with van der Waals surface area (Å²) in [5.41, 5.74) is 0.278. The number of nitrogens with zero attached hydrogens (tertiary/aromatic N) is 3. The summed E-state index contributed by atoms with van der Waals surface area (Å²) in [5, 5.41) is 5.87. The molecule has 2 aliphatic heterocycles. The Morgan fingerprint density at radius 1 is 1.02 bits per heavy atom. The Labute approximate surface area is 232 Å². The zero-order chi connectivity index (χ0) is 28.3. The van der Waals surface area contributed by atoms with Crippen molar-refractivity contribution in [1.29, 1.82) is 0 Å². The number of carbonyl (C=O) groups is 1. The van der Waals surface area contributed by atoms with Crippen LogP contribution in [0.25, 0.3) is 5.69 Å². The maximum absolute atomic E-state index is 15.0. The van der Waals surface area contributed by atoms with E-state index in [4.69, 9.17) is 14.2 Å². The molecule has 0 atom stereocenters. The summed E-state index contributed by atoms with van der Waals surface area (Å²) >= 11 is 0. The maximum Gasteiger partial charge on any atom is 0.271 e. The summed E-state index contributed by atoms with van der Waals surface area (Å²) in [7, 11) is 0. The number of carbonyl (C=O) groups excluding carboxylic acids is 1. The van der Waals surface area contributed by atoms with E-state index in [2.05, 4.69) is 20.6 Å². The lowest BCUT2D eigenvalue weighted by atomic mass is 10.1. The molecule has 210 valence electrons. The highest BCUT2D eigenvalue weighted by atomic mass is 19.1. The van der Waals surface area contributed by atoms with Crippen LogP contribution in [0.4, 0.5) is 20.3 Å². The molecular formula is C29H25F2N5O5. The molecule has 6 rings (SSSR count). The Kier molecular flexibility index (Phi) is 7.30. The minimum atomic E-state index is -0.766. The number of hydrogen-bond acceptors (Lipinski definition) is 8. The van der Waals surface area contributed by atoms with Gasteiger partial charge in [0, 0.05) is 60.9 Å². The average molecular weight is 562 g/mol. The molecule has 0 saturated carbocycles. The molecule has 0 spiro atoms. The van der Waals surface area contributed by atoms with Crippen LogP contribution in [0.1, 0.15) is 28.8 Å². The second-order valence-corrected chi connectivity index (χ2v) is 9.58. The van der Waals surface area contributed by atoms with Crippen molar-refractivity contribution in [1.82, 2.24) is 14.5 Å². The van der Waals surface area contributed by atoms with Crippen LogP contribution in [-0.2, 0) is 11.2 Å². The van der Waals surface area contributed by atoms with Crippen LogP contribution in [0.3, 0.4) is 0 Å². The molecule has 1 saturated heterocycles. The lowest BCUT2D eigenvalue weighted by Gasteiger charge is -2.23. The molecule has 12 heteroatoms. The van der Waals surface area contributed by atoms with Gasteiger partial charge in [-0.05, 0) is 49.2 Å². The molecule has 0 aliphatic carbocycles. The van der Waals surface area contributed by atoms with Gasteiger partial charge < -0.3 is 24.8 Å². The zero-order valence-electron chi connectivity index (χ0n) is 21.7. The number of benzene rings is 2. The minimum Gasteiger partial charge on any atom is -0.492 e. The summed E-state index contributed by atoms with van der Waals surface area (Å²) < 4.78 is 46.3. The van der Waals surface area contributed by atoms with Crippen molar-refractivity contribution >= 4 is 17.4 Å². The Balaban J connectivity index is 1.20. The third-order valence-corrected chi connectivity index (χ3v) is 6.81. The first-order valence-electron chi connectivity index (χ1n) is 13.1. The second-order valence-electron chi connectivity index (χ2n) is 9.58. The van der Waals surface area contributed by atoms with E-state index in [9.17, 15) is 14.0 Å². The van der Waals surface area contributed by atoms with Gasteiger partial charge in [0.15, 0.2) is 11.6 Å². The van der Waals surface area contributed by atoms with E-state index in [0.29, 0.717) is 43.3 Å². The first kappa shape index (κ1) is 26.4. The van der Waals surface area contributed by atoms with Gasteiger partial charge in [-0.3, -0.25) is 14.2 Å². The Morgan fingerprint density at radius 2 is 1.83 bits per heavy atom. The van der Waals surface area contributed by atoms with Gasteiger partial charge in [0.2, 0.25) is 5.88 Å². The number of fused-ring (bicyclic) bond motifs is 1. The second kappa shape index (κ2) is 11.3. The van der Waals surface area contributed by atoms with Crippen LogP contribution in [0, 0.1) is 11.6 Å². The van der Waals surface area contributed by atoms with E-state index in [1.165, 1.54) is 47.3 Å². The molecule has 1 amide bonds. The SMILES string of the molecule is O=C(Nc1ccc(Oc2cc(NC3CCOCC3)ncn2)c(F)c1)c1c2c(cn(-c3ccc(F)cc3)c1=O)CCO2. The van der Waals surface area contributed by atoms with Gasteiger partial charge in [0.05, 0.1) is 6.61 Å². The van der Waals surface area contributed by atoms with E-state index in [0.717, 1.165) is 18.9 Å². The molecule has 2 aromatic heterocycles. The van der Waals surface area contributed by atoms with E-state index < -0.39 is 23.1 Å². The number of anilines is 2. The van der Waals surface area contributed by atoms with Crippen LogP contribution in [0.5, 0.6) is 17.4 Å². The monoisotopic (exact) mass is 561 g/mol. The lowest BCUT2D eigenvalue weighted by molar-refractivity contribution is 0.0903. The number of amides is 1. The fourth-order valence-electron chi connectivity index (χ4n) is 4.74. The summed E-state index contributed by atoms with van der Waals surface area (Å²) in [4.78, 5) is 34.9. The molecule has 2 aliphatic rings. The molecule has 2 aromatic carbocycles. The van der Waals surface area contributed by atoms with Crippen LogP contribution >= 0.6 is 0 Å². The molecule has 0 unspecified atom stereocenters. The maximum atomic E-state index is 15.0. The van der Waals surface area contributed by atoms with Crippen LogP contribution in [0.15, 0.2) is 65.8 Å². The third-order valence-electron chi connectivity index (χ3n) is 6.81. The minimum absolute atomic E-state index is 0.104. The smallest absolute Gasteiger partial charge is 0.271 e. The Hall–Kier alpha value is -4.84. The normalized spacial score (nSPS) is 14.7. The molecule has 0 bridgehead atoms. The molecule has 0 radical (unpaired) electrons. The molecule has 4 heterocycles. The molecule has 2 N–H and O–H groups in total. The van der Waals surface area contributed by atoms with Gasteiger partial charge in [0.25, 0.3) is 11.5 Å². The van der Waals surface area contributed by atoms with Crippen LogP contribution in [-0.4, -0.2) is 46.3 Å². The number of aromatic nitrogens is 3. The highest BCUT2D eigenvalue weighted by Crippen LogP contribution is 2.30. The Morgan fingerprint density at radius 3 is 2.61 bits per heavy atom. The predicted molar refractivity (Wildman–Crippen MR) is 145 cm³/mol. The fourth-order valence-corrected chi connectivity index (χ4v) is 4.74. The number of ether oxygens (including phenoxy) is 3. The highest BCUT2D eigenvalue weighted by Gasteiger charge is 2.27. The van der Waals surface area contributed by atoms with Crippen molar-refractivity contribution in [3.8, 4) is 23.1 Å². The number of pyridine rings is 1. The van der Waals surface area contributed by atoms with E-state index in [1.54, 1.807) is 12.3 Å². The van der Waals surface area contributed by atoms with Crippen LogP contribution in [0.2, 0.25) is 0 Å². The van der Waals surface area contributed by atoms with Gasteiger partial charge in [0.1, 0.15) is 29.3 Å². The van der Waals surface area contributed by atoms with Gasteiger partial charge in [-0.25, -0.2) is 18.7 Å². The molecule has 1 fully saturated rings. The number of nitrogens with one attached hydrogen (secondary N) is 2. The van der Waals surface area contributed by atoms with Gasteiger partial charge in [-0.15, -0.1) is 0 Å². The lowest BCUT2D eigenvalue weighted by Crippen LogP contribution is -2.29. The van der Waals surface area contributed by atoms with Crippen molar-refractivity contribution < 1.29 is 27.8 Å². The van der Waals surface area contributed by atoms with Crippen molar-refractivity contribution in [3.63, 3.8) is 0 Å². The first-order chi connectivity index (χ1) is 19.9. The quantitative estimate of drug-likeness (QED) is 0.340. The molecule has 4 aromatic rings. The average Bonchev–Trinajstić information content (AvgIpc) is 3.43. The standard InChI is InChI=1S/C29H25F2N5O5/c30-18-1-4-21(5-2-18)36-15-17-7-12-40-27(17)26(29(36)38)28(37)35-20-3-6-23(22(31)13-20)41-25-14-24(32-16-33-25)34-19-8-10-39-11-9-19/h1-6,13-16,19H,7-12H2,(H,35,37)(H,32,33,34). The fraction of sp³-hybridized carbons (Fsp3) is 0.241. The highest BCUT2D eigenvalue weighted by molar-refractivity contribution is 6.06. The van der Waals surface area contributed by atoms with Crippen molar-refractivity contribution in [2.24, 2.45) is 0 Å². The van der Waals surface area contributed by atoms with Gasteiger partial charge in [-0.1, -0.05) is 0 Å². The zero-order valence-corrected chi connectivity index (χ0v) is 21.7. The number of hydrogen-bond donors (Lipinski definition) is 2. The van der Waals surface area contributed by atoms with Crippen molar-refractivity contribution in [3.05, 3.63) is 94.2 Å². The third kappa shape index (κ3) is 5.73. The van der Waals surface area contributed by atoms with E-state index in [-0.39, 0.29) is 34.7 Å². The largest absolute Gasteiger partial charge is 0.492 e. The Bertz CT molecular complexity index is 1650. The predicted octanol–water partition coefficient (Wildman–Crippen LogP) is 4.48. The van der Waals surface area contributed by atoms with Gasteiger partial charge >= 0.3 is 0 Å². The van der Waals surface area contributed by atoms with Crippen LogP contribution < -0.4 is 25.7 Å². The topological polar surface area (TPSA) is 117 Å². The van der Waals surface area contributed by atoms with Crippen molar-refractivity contribution in [2.45, 2.75) is 25.3 Å². The summed E-state index contributed by atoms with van der Waals surface area (Å²) in [6.07, 6.45) is 5.09. The number of halogens is 2. The summed E-state index contributed by atoms with van der Waals surface area (Å²) in [5.74, 6) is -1.21. The summed E-state index contributed by atoms with van der Waals surface area (Å²) in [6, 6.07) is 11.0. The van der Waals surface area contributed by atoms with E-state index >= 15 is 4.39 Å². The summed E-state index contributed by atoms with van der Waals surface area (Å²) in [6.45, 7) is 1.65. The van der Waals surface area contributed by atoms with Gasteiger partial charge in [-0.2, -0.15) is 0 Å². The molecule has 10 nitrogen and oxygen atoms in total. The van der Waals surface area contributed by atoms with Crippen molar-refractivity contribution in [2.75, 3.05) is 30.5 Å². The number of rotatable bonds is 7. The molecular weight excluding hydrogens is 536 g/mol. The first-order valence-corrected chi connectivity index (χ1v) is 13.1.